The molecule has 0 spiro atoms. The molecule has 0 aliphatic heterocycles. The van der Waals surface area contributed by atoms with Crippen LogP contribution in [0, 0.1) is 12.8 Å². The Morgan fingerprint density at radius 2 is 2.00 bits per heavy atom. The van der Waals surface area contributed by atoms with Gasteiger partial charge in [0.25, 0.3) is 0 Å². The van der Waals surface area contributed by atoms with Gasteiger partial charge in [-0.1, -0.05) is 61.9 Å². The normalized spacial score (nSPS) is 18.8. The predicted molar refractivity (Wildman–Crippen MR) is 124 cm³/mol. The van der Waals surface area contributed by atoms with E-state index in [1.54, 1.807) is 0 Å². The summed E-state index contributed by atoms with van der Waals surface area (Å²) in [6.07, 6.45) is 4.75. The van der Waals surface area contributed by atoms with Gasteiger partial charge in [0.1, 0.15) is 12.4 Å². The molecule has 6 nitrogen and oxygen atoms in total. The Labute approximate surface area is 187 Å². The number of thioether (sulfide) groups is 1. The first-order valence-electron chi connectivity index (χ1n) is 10.9. The lowest BCUT2D eigenvalue weighted by molar-refractivity contribution is -0.119. The number of carbonyl (C=O) groups is 1. The SMILES string of the molecule is Cc1c(OCc2nnc(SCC(=O)N[C@@H]3CCCC[C@@H]3C)n2C)ccc2ccccc12. The number of nitrogens with zero attached hydrogens (tertiary/aromatic N) is 3. The Bertz CT molecular complexity index is 1060. The van der Waals surface area contributed by atoms with E-state index in [2.05, 4.69) is 47.6 Å². The minimum Gasteiger partial charge on any atom is -0.485 e. The van der Waals surface area contributed by atoms with Gasteiger partial charge >= 0.3 is 0 Å². The average Bonchev–Trinajstić information content (AvgIpc) is 3.13. The standard InChI is InChI=1S/C24H30N4O2S/c1-16-8-4-7-11-20(16)25-23(29)15-31-24-27-26-22(28(24)3)14-30-21-13-12-18-9-5-6-10-19(18)17(21)2/h5-6,9-10,12-13,16,20H,4,7-8,11,14-15H2,1-3H3,(H,25,29)/t16-,20+/m0/s1. The molecule has 0 bridgehead atoms. The van der Waals surface area contributed by atoms with Crippen molar-refractivity contribution in [2.75, 3.05) is 5.75 Å². The first-order chi connectivity index (χ1) is 15.0. The average molecular weight is 439 g/mol. The lowest BCUT2D eigenvalue weighted by Gasteiger charge is -2.29. The molecule has 7 heteroatoms. The van der Waals surface area contributed by atoms with Crippen LogP contribution in [0.4, 0.5) is 0 Å². The minimum atomic E-state index is 0.0661. The van der Waals surface area contributed by atoms with Gasteiger partial charge < -0.3 is 14.6 Å². The third-order valence-electron chi connectivity index (χ3n) is 6.22. The highest BCUT2D eigenvalue weighted by Gasteiger charge is 2.23. The topological polar surface area (TPSA) is 69.0 Å². The van der Waals surface area contributed by atoms with Crippen molar-refractivity contribution >= 4 is 28.4 Å². The third-order valence-corrected chi connectivity index (χ3v) is 7.24. The van der Waals surface area contributed by atoms with Gasteiger partial charge in [0.05, 0.1) is 5.75 Å². The maximum atomic E-state index is 12.4. The van der Waals surface area contributed by atoms with Gasteiger partial charge in [-0.2, -0.15) is 0 Å². The molecule has 0 saturated heterocycles. The van der Waals surface area contributed by atoms with Crippen molar-refractivity contribution in [3.63, 3.8) is 0 Å². The molecule has 0 radical (unpaired) electrons. The summed E-state index contributed by atoms with van der Waals surface area (Å²) in [5.74, 6) is 2.55. The van der Waals surface area contributed by atoms with Crippen LogP contribution in [0.15, 0.2) is 41.6 Å². The number of aryl methyl sites for hydroxylation is 1. The van der Waals surface area contributed by atoms with Crippen molar-refractivity contribution in [3.05, 3.63) is 47.8 Å². The van der Waals surface area contributed by atoms with E-state index in [9.17, 15) is 4.79 Å². The summed E-state index contributed by atoms with van der Waals surface area (Å²) in [6, 6.07) is 12.7. The van der Waals surface area contributed by atoms with Gasteiger partial charge in [-0.15, -0.1) is 10.2 Å². The van der Waals surface area contributed by atoms with Crippen LogP contribution in [0.1, 0.15) is 44.0 Å². The van der Waals surface area contributed by atoms with Crippen LogP contribution in [-0.2, 0) is 18.4 Å². The molecule has 1 amide bonds. The molecule has 31 heavy (non-hydrogen) atoms. The molecule has 1 N–H and O–H groups in total. The lowest BCUT2D eigenvalue weighted by Crippen LogP contribution is -2.41. The molecule has 1 aliphatic carbocycles. The number of fused-ring (bicyclic) bond motifs is 1. The molecular weight excluding hydrogens is 408 g/mol. The number of nitrogens with one attached hydrogen (secondary N) is 1. The van der Waals surface area contributed by atoms with Crippen LogP contribution in [0.3, 0.4) is 0 Å². The largest absolute Gasteiger partial charge is 0.485 e. The lowest BCUT2D eigenvalue weighted by atomic mass is 9.86. The number of rotatable bonds is 7. The molecule has 1 fully saturated rings. The highest BCUT2D eigenvalue weighted by atomic mass is 32.2. The van der Waals surface area contributed by atoms with Crippen LogP contribution < -0.4 is 10.1 Å². The maximum absolute atomic E-state index is 12.4. The Hall–Kier alpha value is -2.54. The molecular formula is C24H30N4O2S. The quantitative estimate of drug-likeness (QED) is 0.544. The van der Waals surface area contributed by atoms with E-state index in [0.717, 1.165) is 28.7 Å². The first-order valence-corrected chi connectivity index (χ1v) is 11.9. The number of benzene rings is 2. The zero-order chi connectivity index (χ0) is 21.8. The summed E-state index contributed by atoms with van der Waals surface area (Å²) in [4.78, 5) is 12.4. The van der Waals surface area contributed by atoms with Gasteiger partial charge in [0.2, 0.25) is 5.91 Å². The first kappa shape index (κ1) is 21.7. The van der Waals surface area contributed by atoms with Crippen molar-refractivity contribution in [2.24, 2.45) is 13.0 Å². The van der Waals surface area contributed by atoms with Crippen LogP contribution in [0.25, 0.3) is 10.8 Å². The maximum Gasteiger partial charge on any atom is 0.230 e. The van der Waals surface area contributed by atoms with Gasteiger partial charge in [-0.3, -0.25) is 4.79 Å². The molecule has 2 atom stereocenters. The zero-order valence-corrected chi connectivity index (χ0v) is 19.2. The fourth-order valence-electron chi connectivity index (χ4n) is 4.21. The predicted octanol–water partition coefficient (Wildman–Crippen LogP) is 4.64. The smallest absolute Gasteiger partial charge is 0.230 e. The fraction of sp³-hybridized carbons (Fsp3) is 0.458. The molecule has 4 rings (SSSR count). The highest BCUT2D eigenvalue weighted by Crippen LogP contribution is 2.28. The molecule has 3 aromatic rings. The minimum absolute atomic E-state index is 0.0661. The number of hydrogen-bond acceptors (Lipinski definition) is 5. The third kappa shape index (κ3) is 5.03. The zero-order valence-electron chi connectivity index (χ0n) is 18.4. The van der Waals surface area contributed by atoms with E-state index in [4.69, 9.17) is 4.74 Å². The summed E-state index contributed by atoms with van der Waals surface area (Å²) in [6.45, 7) is 4.62. The van der Waals surface area contributed by atoms with Crippen molar-refractivity contribution in [3.8, 4) is 5.75 Å². The Balaban J connectivity index is 1.33. The van der Waals surface area contributed by atoms with Crippen molar-refractivity contribution in [2.45, 2.75) is 57.3 Å². The number of aromatic nitrogens is 3. The van der Waals surface area contributed by atoms with E-state index < -0.39 is 0 Å². The van der Waals surface area contributed by atoms with Crippen molar-refractivity contribution < 1.29 is 9.53 Å². The summed E-state index contributed by atoms with van der Waals surface area (Å²) in [5.41, 5.74) is 1.11. The summed E-state index contributed by atoms with van der Waals surface area (Å²) < 4.78 is 7.95. The van der Waals surface area contributed by atoms with Gasteiger partial charge in [0, 0.05) is 13.1 Å². The van der Waals surface area contributed by atoms with E-state index in [0.29, 0.717) is 24.3 Å². The fourth-order valence-corrected chi connectivity index (χ4v) is 4.95. The molecule has 1 saturated carbocycles. The monoisotopic (exact) mass is 438 g/mol. The molecule has 164 valence electrons. The van der Waals surface area contributed by atoms with E-state index >= 15 is 0 Å². The molecule has 0 unspecified atom stereocenters. The van der Waals surface area contributed by atoms with Crippen LogP contribution in [0.5, 0.6) is 5.75 Å². The second-order valence-electron chi connectivity index (χ2n) is 8.38. The van der Waals surface area contributed by atoms with Gasteiger partial charge in [-0.05, 0) is 48.1 Å². The van der Waals surface area contributed by atoms with E-state index in [1.807, 2.05) is 29.8 Å². The molecule has 1 aromatic heterocycles. The van der Waals surface area contributed by atoms with Crippen LogP contribution in [0.2, 0.25) is 0 Å². The van der Waals surface area contributed by atoms with Crippen LogP contribution in [-0.4, -0.2) is 32.5 Å². The van der Waals surface area contributed by atoms with Crippen LogP contribution >= 0.6 is 11.8 Å². The second-order valence-corrected chi connectivity index (χ2v) is 9.32. The Morgan fingerprint density at radius 1 is 1.19 bits per heavy atom. The highest BCUT2D eigenvalue weighted by molar-refractivity contribution is 7.99. The Kier molecular flexibility index (Phi) is 6.80. The number of amides is 1. The molecule has 2 aromatic carbocycles. The van der Waals surface area contributed by atoms with Crippen molar-refractivity contribution in [1.82, 2.24) is 20.1 Å². The van der Waals surface area contributed by atoms with E-state index in [1.165, 1.54) is 41.8 Å². The number of carbonyl (C=O) groups excluding carboxylic acids is 1. The van der Waals surface area contributed by atoms with Crippen molar-refractivity contribution in [1.29, 1.82) is 0 Å². The number of ether oxygens (including phenoxy) is 1. The summed E-state index contributed by atoms with van der Waals surface area (Å²) >= 11 is 1.41. The summed E-state index contributed by atoms with van der Waals surface area (Å²) in [7, 11) is 1.91. The molecule has 1 aliphatic rings. The summed E-state index contributed by atoms with van der Waals surface area (Å²) in [5, 5.41) is 14.8. The molecule has 1 heterocycles. The van der Waals surface area contributed by atoms with Gasteiger partial charge in [-0.25, -0.2) is 0 Å². The van der Waals surface area contributed by atoms with E-state index in [-0.39, 0.29) is 5.91 Å². The second kappa shape index (κ2) is 9.73. The Morgan fingerprint density at radius 3 is 2.84 bits per heavy atom. The number of hydrogen-bond donors (Lipinski definition) is 1. The van der Waals surface area contributed by atoms with Gasteiger partial charge in [0.15, 0.2) is 11.0 Å².